The van der Waals surface area contributed by atoms with Crippen molar-refractivity contribution >= 4 is 29.7 Å². The summed E-state index contributed by atoms with van der Waals surface area (Å²) in [4.78, 5) is 65.0. The first-order valence-electron chi connectivity index (χ1n) is 14.2. The summed E-state index contributed by atoms with van der Waals surface area (Å²) in [6.07, 6.45) is -1.95. The number of carbonyl (C=O) groups is 5. The van der Waals surface area contributed by atoms with Gasteiger partial charge in [-0.3, -0.25) is 19.2 Å². The van der Waals surface area contributed by atoms with E-state index in [0.29, 0.717) is 30.4 Å². The fourth-order valence-electron chi connectivity index (χ4n) is 4.76. The molecule has 13 nitrogen and oxygen atoms in total. The number of amides is 5. The van der Waals surface area contributed by atoms with Crippen molar-refractivity contribution in [3.8, 4) is 0 Å². The summed E-state index contributed by atoms with van der Waals surface area (Å²) >= 11 is 0. The summed E-state index contributed by atoms with van der Waals surface area (Å²) in [6, 6.07) is 14.2. The number of aliphatic hydroxyl groups is 2. The third-order valence-corrected chi connectivity index (χ3v) is 6.96. The van der Waals surface area contributed by atoms with Gasteiger partial charge in [0.2, 0.25) is 17.7 Å². The van der Waals surface area contributed by atoms with E-state index in [9.17, 15) is 29.1 Å². The minimum atomic E-state index is -1.76. The van der Waals surface area contributed by atoms with Gasteiger partial charge in [-0.2, -0.15) is 0 Å². The van der Waals surface area contributed by atoms with Gasteiger partial charge in [-0.25, -0.2) is 4.79 Å². The lowest BCUT2D eigenvalue weighted by molar-refractivity contribution is -0.147. The molecule has 2 aromatic carbocycles. The molecule has 0 saturated carbocycles. The lowest BCUT2D eigenvalue weighted by atomic mass is 9.99. The van der Waals surface area contributed by atoms with Crippen LogP contribution >= 0.6 is 0 Å². The molecule has 7 N–H and O–H groups in total. The Morgan fingerprint density at radius 2 is 1.63 bits per heavy atom. The molecule has 1 aliphatic heterocycles. The number of nitrogens with one attached hydrogen (secondary N) is 3. The molecule has 0 radical (unpaired) electrons. The molecule has 0 spiro atoms. The first kappa shape index (κ1) is 33.0. The molecule has 0 aliphatic carbocycles. The second-order valence-electron chi connectivity index (χ2n) is 10.2. The van der Waals surface area contributed by atoms with Crippen molar-refractivity contribution in [2.75, 3.05) is 19.7 Å². The number of rotatable bonds is 15. The van der Waals surface area contributed by atoms with Gasteiger partial charge >= 0.3 is 6.09 Å². The van der Waals surface area contributed by atoms with Crippen molar-refractivity contribution in [1.29, 1.82) is 0 Å². The zero-order valence-corrected chi connectivity index (χ0v) is 23.8. The number of likely N-dealkylation sites (tertiary alicyclic amines) is 1. The van der Waals surface area contributed by atoms with Gasteiger partial charge in [0.1, 0.15) is 18.7 Å². The normalized spacial score (nSPS) is 16.4. The summed E-state index contributed by atoms with van der Waals surface area (Å²) in [5.41, 5.74) is 6.74. The van der Waals surface area contributed by atoms with Crippen LogP contribution in [0, 0.1) is 0 Å². The molecule has 2 aromatic rings. The zero-order valence-electron chi connectivity index (χ0n) is 23.8. The second-order valence-corrected chi connectivity index (χ2v) is 10.2. The third-order valence-electron chi connectivity index (χ3n) is 6.96. The lowest BCUT2D eigenvalue weighted by Crippen LogP contribution is -2.58. The first-order chi connectivity index (χ1) is 20.7. The standard InChI is InChI=1S/C30H39N5O8/c31-25(37)18-23(34-30(42)43-19-21-11-5-2-6-12-21)27(39)33-22(17-20-9-3-1-4-10-20)26(38)29(41)35-15-7-13-24(35)28(40)32-14-8-16-36/h1-6,9-12,22-24,26,36,38H,7-8,13-19H2,(H2,31,37)(H,32,40)(H,33,39)(H,34,42)/t22-,23-,24-,26?/m0/s1. The number of alkyl carbamates (subject to hydrolysis) is 1. The van der Waals surface area contributed by atoms with Crippen LogP contribution in [0.25, 0.3) is 0 Å². The van der Waals surface area contributed by atoms with Crippen LogP contribution < -0.4 is 21.7 Å². The van der Waals surface area contributed by atoms with Crippen LogP contribution in [-0.4, -0.2) is 88.8 Å². The van der Waals surface area contributed by atoms with Crippen molar-refractivity contribution in [2.45, 2.75) is 62.9 Å². The molecule has 232 valence electrons. The number of carbonyl (C=O) groups excluding carboxylic acids is 5. The molecule has 5 amide bonds. The van der Waals surface area contributed by atoms with Gasteiger partial charge in [-0.15, -0.1) is 0 Å². The predicted molar refractivity (Wildman–Crippen MR) is 155 cm³/mol. The number of primary amides is 1. The van der Waals surface area contributed by atoms with Crippen molar-refractivity contribution in [2.24, 2.45) is 5.73 Å². The lowest BCUT2D eigenvalue weighted by Gasteiger charge is -2.31. The minimum Gasteiger partial charge on any atom is -0.445 e. The summed E-state index contributed by atoms with van der Waals surface area (Å²) in [5.74, 6) is -2.87. The van der Waals surface area contributed by atoms with E-state index in [0.717, 1.165) is 0 Å². The average Bonchev–Trinajstić information content (AvgIpc) is 3.50. The first-order valence-corrected chi connectivity index (χ1v) is 14.2. The number of benzene rings is 2. The van der Waals surface area contributed by atoms with E-state index < -0.39 is 60.4 Å². The van der Waals surface area contributed by atoms with E-state index in [4.69, 9.17) is 15.6 Å². The summed E-state index contributed by atoms with van der Waals surface area (Å²) in [5, 5.41) is 27.8. The van der Waals surface area contributed by atoms with Crippen molar-refractivity contribution in [3.05, 3.63) is 71.8 Å². The Morgan fingerprint density at radius 1 is 0.977 bits per heavy atom. The molecule has 1 fully saturated rings. The van der Waals surface area contributed by atoms with Crippen molar-refractivity contribution in [1.82, 2.24) is 20.9 Å². The van der Waals surface area contributed by atoms with E-state index >= 15 is 0 Å². The van der Waals surface area contributed by atoms with Gasteiger partial charge in [0.05, 0.1) is 12.5 Å². The zero-order chi connectivity index (χ0) is 31.2. The Morgan fingerprint density at radius 3 is 2.26 bits per heavy atom. The number of hydrogen-bond donors (Lipinski definition) is 6. The van der Waals surface area contributed by atoms with E-state index in [1.54, 1.807) is 60.7 Å². The average molecular weight is 598 g/mol. The summed E-state index contributed by atoms with van der Waals surface area (Å²) < 4.78 is 5.17. The van der Waals surface area contributed by atoms with Crippen LogP contribution in [0.4, 0.5) is 4.79 Å². The summed E-state index contributed by atoms with van der Waals surface area (Å²) in [6.45, 7) is 0.305. The van der Waals surface area contributed by atoms with Crippen LogP contribution in [-0.2, 0) is 36.9 Å². The minimum absolute atomic E-state index is 0.0302. The van der Waals surface area contributed by atoms with Crippen molar-refractivity contribution < 1.29 is 38.9 Å². The number of nitrogens with zero attached hydrogens (tertiary/aromatic N) is 1. The molecule has 43 heavy (non-hydrogen) atoms. The Hall–Kier alpha value is -4.49. The molecular formula is C30H39N5O8. The largest absolute Gasteiger partial charge is 0.445 e. The van der Waals surface area contributed by atoms with E-state index in [1.807, 2.05) is 0 Å². The highest BCUT2D eigenvalue weighted by atomic mass is 16.5. The van der Waals surface area contributed by atoms with Crippen LogP contribution in [0.1, 0.15) is 36.8 Å². The molecular weight excluding hydrogens is 558 g/mol. The molecule has 1 heterocycles. The van der Waals surface area contributed by atoms with Crippen LogP contribution in [0.2, 0.25) is 0 Å². The number of ether oxygens (including phenoxy) is 1. The Balaban J connectivity index is 1.74. The van der Waals surface area contributed by atoms with Crippen LogP contribution in [0.15, 0.2) is 60.7 Å². The topological polar surface area (TPSA) is 200 Å². The molecule has 13 heteroatoms. The highest BCUT2D eigenvalue weighted by Crippen LogP contribution is 2.20. The predicted octanol–water partition coefficient (Wildman–Crippen LogP) is -0.265. The van der Waals surface area contributed by atoms with Gasteiger partial charge in [0, 0.05) is 19.7 Å². The SMILES string of the molecule is NC(=O)C[C@H](NC(=O)OCc1ccccc1)C(=O)N[C@@H](Cc1ccccc1)C(O)C(=O)N1CCC[C@H]1C(=O)NCCCO. The fourth-order valence-corrected chi connectivity index (χ4v) is 4.76. The smallest absolute Gasteiger partial charge is 0.408 e. The number of nitrogens with two attached hydrogens (primary N) is 1. The van der Waals surface area contributed by atoms with Gasteiger partial charge in [-0.1, -0.05) is 60.7 Å². The molecule has 0 bridgehead atoms. The molecule has 0 aromatic heterocycles. The molecule has 1 aliphatic rings. The Bertz CT molecular complexity index is 1230. The number of hydrogen-bond acceptors (Lipinski definition) is 8. The second kappa shape index (κ2) is 16.8. The molecule has 3 rings (SSSR count). The van der Waals surface area contributed by atoms with E-state index in [2.05, 4.69) is 16.0 Å². The van der Waals surface area contributed by atoms with E-state index in [1.165, 1.54) is 4.90 Å². The Labute approximate surface area is 249 Å². The van der Waals surface area contributed by atoms with Crippen molar-refractivity contribution in [3.63, 3.8) is 0 Å². The number of aliphatic hydroxyl groups excluding tert-OH is 2. The van der Waals surface area contributed by atoms with E-state index in [-0.39, 0.29) is 32.7 Å². The fraction of sp³-hybridized carbons (Fsp3) is 0.433. The third kappa shape index (κ3) is 10.4. The van der Waals surface area contributed by atoms with Gasteiger partial charge < -0.3 is 41.5 Å². The van der Waals surface area contributed by atoms with Crippen LogP contribution in [0.5, 0.6) is 0 Å². The van der Waals surface area contributed by atoms with Gasteiger partial charge in [0.15, 0.2) is 6.10 Å². The highest BCUT2D eigenvalue weighted by molar-refractivity contribution is 5.92. The maximum atomic E-state index is 13.5. The summed E-state index contributed by atoms with van der Waals surface area (Å²) in [7, 11) is 0. The quantitative estimate of drug-likeness (QED) is 0.151. The molecule has 4 atom stereocenters. The van der Waals surface area contributed by atoms with Crippen LogP contribution in [0.3, 0.4) is 0 Å². The molecule has 1 unspecified atom stereocenters. The monoisotopic (exact) mass is 597 g/mol. The maximum Gasteiger partial charge on any atom is 0.408 e. The highest BCUT2D eigenvalue weighted by Gasteiger charge is 2.40. The molecule has 1 saturated heterocycles. The van der Waals surface area contributed by atoms with Gasteiger partial charge in [-0.05, 0) is 36.8 Å². The van der Waals surface area contributed by atoms with Gasteiger partial charge in [0.25, 0.3) is 5.91 Å². The Kier molecular flexibility index (Phi) is 12.9. The maximum absolute atomic E-state index is 13.5.